The van der Waals surface area contributed by atoms with Crippen molar-refractivity contribution < 1.29 is 0 Å². The molecule has 0 saturated carbocycles. The molecule has 1 heteroatoms. The van der Waals surface area contributed by atoms with E-state index in [1.165, 1.54) is 49.0 Å². The zero-order chi connectivity index (χ0) is 16.5. The standard InChI is InChI=1S/C24H13Cl/c25-21-10-2-1-6-16(21)20-13-15-12-11-14-5-3-7-17-18-8-4-9-19(20)24(18)23(15)22(14)17/h1-13H. The maximum Gasteiger partial charge on any atom is 0.0484 e. The van der Waals surface area contributed by atoms with Gasteiger partial charge in [-0.3, -0.25) is 0 Å². The predicted octanol–water partition coefficient (Wildman–Crippen LogP) is 7.45. The Morgan fingerprint density at radius 2 is 1.20 bits per heavy atom. The first-order chi connectivity index (χ1) is 12.3. The first kappa shape index (κ1) is 13.5. The molecule has 1 aliphatic rings. The molecule has 116 valence electrons. The van der Waals surface area contributed by atoms with Crippen LogP contribution in [0.3, 0.4) is 0 Å². The lowest BCUT2D eigenvalue weighted by Gasteiger charge is -2.12. The van der Waals surface area contributed by atoms with Gasteiger partial charge in [0.1, 0.15) is 0 Å². The Balaban J connectivity index is 1.90. The van der Waals surface area contributed by atoms with Gasteiger partial charge in [0.15, 0.2) is 0 Å². The number of fused-ring (bicyclic) bond motifs is 1. The highest BCUT2D eigenvalue weighted by molar-refractivity contribution is 6.37. The summed E-state index contributed by atoms with van der Waals surface area (Å²) in [7, 11) is 0. The monoisotopic (exact) mass is 336 g/mol. The van der Waals surface area contributed by atoms with Gasteiger partial charge in [-0.2, -0.15) is 0 Å². The minimum absolute atomic E-state index is 0.798. The molecule has 0 nitrogen and oxygen atoms in total. The quantitative estimate of drug-likeness (QED) is 0.273. The molecule has 0 aliphatic heterocycles. The lowest BCUT2D eigenvalue weighted by molar-refractivity contribution is 1.67. The van der Waals surface area contributed by atoms with E-state index in [9.17, 15) is 0 Å². The third kappa shape index (κ3) is 1.63. The van der Waals surface area contributed by atoms with Gasteiger partial charge >= 0.3 is 0 Å². The van der Waals surface area contributed by atoms with Crippen LogP contribution in [0.25, 0.3) is 54.6 Å². The van der Waals surface area contributed by atoms with Crippen LogP contribution in [0.1, 0.15) is 0 Å². The number of hydrogen-bond acceptors (Lipinski definition) is 0. The van der Waals surface area contributed by atoms with E-state index < -0.39 is 0 Å². The topological polar surface area (TPSA) is 0 Å². The molecule has 0 fully saturated rings. The van der Waals surface area contributed by atoms with Crippen molar-refractivity contribution in [2.75, 3.05) is 0 Å². The van der Waals surface area contributed by atoms with Crippen molar-refractivity contribution in [2.24, 2.45) is 0 Å². The summed E-state index contributed by atoms with van der Waals surface area (Å²) in [4.78, 5) is 0. The Hall–Kier alpha value is -2.83. The van der Waals surface area contributed by atoms with Gasteiger partial charge in [0.2, 0.25) is 0 Å². The van der Waals surface area contributed by atoms with Gasteiger partial charge in [-0.15, -0.1) is 0 Å². The molecule has 1 aliphatic carbocycles. The van der Waals surface area contributed by atoms with Crippen LogP contribution >= 0.6 is 11.6 Å². The summed E-state index contributed by atoms with van der Waals surface area (Å²) in [6.07, 6.45) is 0. The van der Waals surface area contributed by atoms with Crippen LogP contribution in [0, 0.1) is 0 Å². The van der Waals surface area contributed by atoms with E-state index in [0.29, 0.717) is 0 Å². The van der Waals surface area contributed by atoms with Crippen molar-refractivity contribution in [3.8, 4) is 22.3 Å². The number of rotatable bonds is 1. The van der Waals surface area contributed by atoms with Crippen LogP contribution in [0.5, 0.6) is 0 Å². The molecule has 0 saturated heterocycles. The lowest BCUT2D eigenvalue weighted by Crippen LogP contribution is -1.85. The SMILES string of the molecule is Clc1ccccc1-c1cc2ccc3cccc4c3c2c2c-4cccc12. The largest absolute Gasteiger partial charge is 0.0837 e. The van der Waals surface area contributed by atoms with E-state index >= 15 is 0 Å². The van der Waals surface area contributed by atoms with Crippen LogP contribution < -0.4 is 0 Å². The molecule has 0 spiro atoms. The summed E-state index contributed by atoms with van der Waals surface area (Å²) in [6, 6.07) is 28.1. The molecule has 5 aromatic rings. The van der Waals surface area contributed by atoms with Crippen molar-refractivity contribution in [1.29, 1.82) is 0 Å². The second kappa shape index (κ2) is 4.62. The normalized spacial score (nSPS) is 12.2. The Morgan fingerprint density at radius 3 is 2.08 bits per heavy atom. The smallest absolute Gasteiger partial charge is 0.0484 e. The average Bonchev–Trinajstić information content (AvgIpc) is 3.00. The summed E-state index contributed by atoms with van der Waals surface area (Å²) >= 11 is 6.53. The fraction of sp³-hybridized carbons (Fsp3) is 0. The lowest BCUT2D eigenvalue weighted by atomic mass is 9.93. The van der Waals surface area contributed by atoms with Gasteiger partial charge in [-0.05, 0) is 61.1 Å². The molecule has 0 aromatic heterocycles. The molecule has 0 N–H and O–H groups in total. The summed E-state index contributed by atoms with van der Waals surface area (Å²) < 4.78 is 0. The van der Waals surface area contributed by atoms with E-state index in [0.717, 1.165) is 10.6 Å². The second-order valence-corrected chi connectivity index (χ2v) is 7.11. The molecule has 0 radical (unpaired) electrons. The van der Waals surface area contributed by atoms with Gasteiger partial charge in [0, 0.05) is 10.6 Å². The minimum Gasteiger partial charge on any atom is -0.0837 e. The molecule has 0 bridgehead atoms. The Morgan fingerprint density at radius 1 is 0.480 bits per heavy atom. The third-order valence-electron chi connectivity index (χ3n) is 5.44. The first-order valence-corrected chi connectivity index (χ1v) is 8.87. The van der Waals surface area contributed by atoms with Crippen molar-refractivity contribution in [1.82, 2.24) is 0 Å². The fourth-order valence-corrected chi connectivity index (χ4v) is 4.65. The molecule has 25 heavy (non-hydrogen) atoms. The van der Waals surface area contributed by atoms with E-state index in [-0.39, 0.29) is 0 Å². The van der Waals surface area contributed by atoms with Gasteiger partial charge in [-0.25, -0.2) is 0 Å². The maximum atomic E-state index is 6.53. The molecule has 0 unspecified atom stereocenters. The Bertz CT molecular complexity index is 1350. The number of hydrogen-bond donors (Lipinski definition) is 0. The Labute approximate surface area is 150 Å². The van der Waals surface area contributed by atoms with Crippen molar-refractivity contribution in [2.45, 2.75) is 0 Å². The summed E-state index contributed by atoms with van der Waals surface area (Å²) in [5.41, 5.74) is 4.99. The molecular weight excluding hydrogens is 324 g/mol. The molecule has 0 heterocycles. The van der Waals surface area contributed by atoms with E-state index in [4.69, 9.17) is 11.6 Å². The number of benzene rings is 5. The average molecular weight is 337 g/mol. The summed E-state index contributed by atoms with van der Waals surface area (Å²) in [6.45, 7) is 0. The maximum absolute atomic E-state index is 6.53. The first-order valence-electron chi connectivity index (χ1n) is 8.49. The highest BCUT2D eigenvalue weighted by Crippen LogP contribution is 2.50. The highest BCUT2D eigenvalue weighted by atomic mass is 35.5. The zero-order valence-corrected chi connectivity index (χ0v) is 14.1. The molecular formula is C24H13Cl. The van der Waals surface area contributed by atoms with Crippen LogP contribution in [-0.4, -0.2) is 0 Å². The van der Waals surface area contributed by atoms with Crippen LogP contribution in [0.15, 0.2) is 78.9 Å². The van der Waals surface area contributed by atoms with Crippen molar-refractivity contribution in [3.63, 3.8) is 0 Å². The van der Waals surface area contributed by atoms with E-state index in [1.54, 1.807) is 0 Å². The van der Waals surface area contributed by atoms with E-state index in [1.807, 2.05) is 12.1 Å². The van der Waals surface area contributed by atoms with Crippen molar-refractivity contribution >= 4 is 43.9 Å². The van der Waals surface area contributed by atoms with Gasteiger partial charge in [0.25, 0.3) is 0 Å². The Kier molecular flexibility index (Phi) is 2.49. The minimum atomic E-state index is 0.798. The van der Waals surface area contributed by atoms with Crippen LogP contribution in [-0.2, 0) is 0 Å². The molecule has 6 rings (SSSR count). The number of halogens is 1. The molecule has 5 aromatic carbocycles. The van der Waals surface area contributed by atoms with E-state index in [2.05, 4.69) is 66.7 Å². The fourth-order valence-electron chi connectivity index (χ4n) is 4.42. The molecule has 0 atom stereocenters. The van der Waals surface area contributed by atoms with Crippen molar-refractivity contribution in [3.05, 3.63) is 83.9 Å². The summed E-state index contributed by atoms with van der Waals surface area (Å²) in [5.74, 6) is 0. The molecule has 0 amide bonds. The van der Waals surface area contributed by atoms with Crippen LogP contribution in [0.2, 0.25) is 5.02 Å². The predicted molar refractivity (Wildman–Crippen MR) is 108 cm³/mol. The zero-order valence-electron chi connectivity index (χ0n) is 13.4. The van der Waals surface area contributed by atoms with Crippen LogP contribution in [0.4, 0.5) is 0 Å². The summed E-state index contributed by atoms with van der Waals surface area (Å²) in [5, 5.41) is 8.81. The second-order valence-electron chi connectivity index (χ2n) is 6.70. The highest BCUT2D eigenvalue weighted by Gasteiger charge is 2.22. The van der Waals surface area contributed by atoms with Gasteiger partial charge in [0.05, 0.1) is 0 Å². The van der Waals surface area contributed by atoms with Gasteiger partial charge < -0.3 is 0 Å². The van der Waals surface area contributed by atoms with Gasteiger partial charge in [-0.1, -0.05) is 78.3 Å². The third-order valence-corrected chi connectivity index (χ3v) is 5.77.